The number of aromatic nitrogens is 2. The molecule has 0 aliphatic heterocycles. The van der Waals surface area contributed by atoms with Gasteiger partial charge in [-0.15, -0.1) is 11.8 Å². The number of rotatable bonds is 1. The van der Waals surface area contributed by atoms with Gasteiger partial charge in [-0.05, 0) is 6.26 Å². The van der Waals surface area contributed by atoms with Gasteiger partial charge >= 0.3 is 6.01 Å². The van der Waals surface area contributed by atoms with Crippen LogP contribution in [0.3, 0.4) is 0 Å². The second kappa shape index (κ2) is 2.30. The van der Waals surface area contributed by atoms with Crippen molar-refractivity contribution in [2.24, 2.45) is 0 Å². The van der Waals surface area contributed by atoms with E-state index >= 15 is 0 Å². The number of imidazole rings is 1. The van der Waals surface area contributed by atoms with Crippen LogP contribution in [0.5, 0.6) is 11.9 Å². The first-order chi connectivity index (χ1) is 4.66. The van der Waals surface area contributed by atoms with Crippen molar-refractivity contribution in [3.63, 3.8) is 0 Å². The molecule has 1 rings (SSSR count). The summed E-state index contributed by atoms with van der Waals surface area (Å²) in [5.41, 5.74) is 0. The predicted octanol–water partition coefficient (Wildman–Crippen LogP) is 0.253. The molecular formula is C4H6N2O3S. The maximum Gasteiger partial charge on any atom is 0.332 e. The zero-order valence-corrected chi connectivity index (χ0v) is 5.96. The lowest BCUT2D eigenvalue weighted by Crippen LogP contribution is -1.86. The van der Waals surface area contributed by atoms with Gasteiger partial charge in [0.1, 0.15) is 0 Å². The summed E-state index contributed by atoms with van der Waals surface area (Å²) in [6.07, 6.45) is 1.67. The molecule has 0 unspecified atom stereocenters. The third-order valence-corrected chi connectivity index (χ3v) is 1.64. The molecule has 0 aliphatic carbocycles. The molecule has 1 aromatic rings. The van der Waals surface area contributed by atoms with Crippen molar-refractivity contribution in [3.05, 3.63) is 0 Å². The van der Waals surface area contributed by atoms with Crippen LogP contribution in [-0.2, 0) is 0 Å². The average Bonchev–Trinajstić information content (AvgIpc) is 2.17. The summed E-state index contributed by atoms with van der Waals surface area (Å²) in [5.74, 6) is -0.440. The maximum absolute atomic E-state index is 8.89. The van der Waals surface area contributed by atoms with Gasteiger partial charge in [0, 0.05) is 0 Å². The monoisotopic (exact) mass is 162 g/mol. The van der Waals surface area contributed by atoms with Crippen LogP contribution in [0.15, 0.2) is 5.03 Å². The predicted molar refractivity (Wildman–Crippen MR) is 34.5 cm³/mol. The molecule has 0 saturated heterocycles. The van der Waals surface area contributed by atoms with Crippen LogP contribution >= 0.6 is 11.8 Å². The van der Waals surface area contributed by atoms with Crippen LogP contribution in [0.2, 0.25) is 0 Å². The SMILES string of the molecule is CSc1nc(O)n(O)c1O. The van der Waals surface area contributed by atoms with Crippen molar-refractivity contribution in [2.45, 2.75) is 5.03 Å². The van der Waals surface area contributed by atoms with Crippen molar-refractivity contribution in [3.8, 4) is 11.9 Å². The third-order valence-electron chi connectivity index (χ3n) is 0.976. The van der Waals surface area contributed by atoms with E-state index in [0.29, 0.717) is 0 Å². The Kier molecular flexibility index (Phi) is 1.62. The first-order valence-corrected chi connectivity index (χ1v) is 3.63. The number of hydrogen-bond donors (Lipinski definition) is 3. The topological polar surface area (TPSA) is 78.5 Å². The minimum Gasteiger partial charge on any atom is -0.490 e. The Morgan fingerprint density at radius 2 is 2.10 bits per heavy atom. The zero-order valence-electron chi connectivity index (χ0n) is 5.14. The van der Waals surface area contributed by atoms with Crippen LogP contribution in [0.4, 0.5) is 0 Å². The second-order valence-corrected chi connectivity index (χ2v) is 2.35. The molecular weight excluding hydrogens is 156 g/mol. The summed E-state index contributed by atoms with van der Waals surface area (Å²) in [4.78, 5) is 3.41. The molecule has 0 amide bonds. The molecule has 0 saturated carbocycles. The van der Waals surface area contributed by atoms with Crippen LogP contribution in [0.1, 0.15) is 0 Å². The summed E-state index contributed by atoms with van der Waals surface area (Å²) in [6.45, 7) is 0. The molecule has 0 atom stereocenters. The molecule has 6 heteroatoms. The van der Waals surface area contributed by atoms with Crippen LogP contribution < -0.4 is 0 Å². The Labute approximate surface area is 60.9 Å². The highest BCUT2D eigenvalue weighted by Gasteiger charge is 2.13. The molecule has 1 heterocycles. The highest BCUT2D eigenvalue weighted by molar-refractivity contribution is 7.98. The molecule has 0 fully saturated rings. The number of hydrogen-bond acceptors (Lipinski definition) is 5. The largest absolute Gasteiger partial charge is 0.490 e. The average molecular weight is 162 g/mol. The summed E-state index contributed by atoms with van der Waals surface area (Å²) < 4.78 is 0.214. The van der Waals surface area contributed by atoms with Crippen molar-refractivity contribution in [1.29, 1.82) is 0 Å². The Bertz CT molecular complexity index is 247. The van der Waals surface area contributed by atoms with Crippen LogP contribution in [0.25, 0.3) is 0 Å². The van der Waals surface area contributed by atoms with Gasteiger partial charge in [-0.25, -0.2) is 0 Å². The molecule has 3 N–H and O–H groups in total. The summed E-state index contributed by atoms with van der Waals surface area (Å²) >= 11 is 1.13. The van der Waals surface area contributed by atoms with Crippen molar-refractivity contribution < 1.29 is 15.4 Å². The van der Waals surface area contributed by atoms with Crippen molar-refractivity contribution in [2.75, 3.05) is 6.26 Å². The highest BCUT2D eigenvalue weighted by Crippen LogP contribution is 2.28. The van der Waals surface area contributed by atoms with Gasteiger partial charge in [-0.3, -0.25) is 0 Å². The summed E-state index contributed by atoms with van der Waals surface area (Å²) in [5, 5.41) is 26.5. The van der Waals surface area contributed by atoms with Crippen molar-refractivity contribution >= 4 is 11.8 Å². The van der Waals surface area contributed by atoms with Crippen molar-refractivity contribution in [1.82, 2.24) is 9.71 Å². The van der Waals surface area contributed by atoms with Gasteiger partial charge in [0.2, 0.25) is 0 Å². The lowest BCUT2D eigenvalue weighted by molar-refractivity contribution is 0.126. The van der Waals surface area contributed by atoms with E-state index in [9.17, 15) is 0 Å². The first kappa shape index (κ1) is 7.07. The minimum atomic E-state index is -0.609. The van der Waals surface area contributed by atoms with E-state index in [4.69, 9.17) is 15.4 Å². The van der Waals surface area contributed by atoms with E-state index in [0.717, 1.165) is 11.8 Å². The lowest BCUT2D eigenvalue weighted by Gasteiger charge is -1.91. The number of nitrogens with zero attached hydrogens (tertiary/aromatic N) is 2. The second-order valence-electron chi connectivity index (χ2n) is 1.56. The molecule has 5 nitrogen and oxygen atoms in total. The fraction of sp³-hybridized carbons (Fsp3) is 0.250. The fourth-order valence-electron chi connectivity index (χ4n) is 0.510. The molecule has 0 bridgehead atoms. The van der Waals surface area contributed by atoms with Crippen LogP contribution in [-0.4, -0.2) is 31.4 Å². The number of aromatic hydroxyl groups is 2. The first-order valence-electron chi connectivity index (χ1n) is 2.40. The lowest BCUT2D eigenvalue weighted by atomic mass is 10.9. The molecule has 1 aromatic heterocycles. The Morgan fingerprint density at radius 3 is 2.30 bits per heavy atom. The normalized spacial score (nSPS) is 10.1. The molecule has 0 radical (unpaired) electrons. The van der Waals surface area contributed by atoms with E-state index in [1.165, 1.54) is 0 Å². The van der Waals surface area contributed by atoms with E-state index in [2.05, 4.69) is 4.98 Å². The number of thioether (sulfide) groups is 1. The van der Waals surface area contributed by atoms with E-state index < -0.39 is 11.9 Å². The molecule has 10 heavy (non-hydrogen) atoms. The Morgan fingerprint density at radius 1 is 1.50 bits per heavy atom. The Balaban J connectivity index is 3.17. The van der Waals surface area contributed by atoms with Gasteiger partial charge in [0.05, 0.1) is 0 Å². The quantitative estimate of drug-likeness (QED) is 0.407. The summed E-state index contributed by atoms with van der Waals surface area (Å²) in [7, 11) is 0. The fourth-order valence-corrected chi connectivity index (χ4v) is 0.952. The zero-order chi connectivity index (χ0) is 7.72. The van der Waals surface area contributed by atoms with Gasteiger partial charge < -0.3 is 15.4 Å². The molecule has 0 aliphatic rings. The maximum atomic E-state index is 8.89. The van der Waals surface area contributed by atoms with E-state index in [1.54, 1.807) is 6.26 Å². The molecule has 0 aromatic carbocycles. The van der Waals surface area contributed by atoms with E-state index in [1.807, 2.05) is 0 Å². The third kappa shape index (κ3) is 0.860. The van der Waals surface area contributed by atoms with E-state index in [-0.39, 0.29) is 9.76 Å². The smallest absolute Gasteiger partial charge is 0.332 e. The standard InChI is InChI=1S/C4H6N2O3S/c1-10-2-3(7)6(9)4(8)5-2/h7,9H,1H3,(H,5,8). The minimum absolute atomic E-state index is 0.194. The summed E-state index contributed by atoms with van der Waals surface area (Å²) in [6, 6.07) is -0.609. The highest BCUT2D eigenvalue weighted by atomic mass is 32.2. The van der Waals surface area contributed by atoms with Gasteiger partial charge in [0.25, 0.3) is 5.88 Å². The molecule has 0 spiro atoms. The molecule has 56 valence electrons. The van der Waals surface area contributed by atoms with Gasteiger partial charge in [0.15, 0.2) is 5.03 Å². The van der Waals surface area contributed by atoms with Crippen LogP contribution in [0, 0.1) is 0 Å². The van der Waals surface area contributed by atoms with Gasteiger partial charge in [-0.1, -0.05) is 4.73 Å². The Hall–Kier alpha value is -1.04. The van der Waals surface area contributed by atoms with Gasteiger partial charge in [-0.2, -0.15) is 4.98 Å².